The zero-order valence-electron chi connectivity index (χ0n) is 11.6. The molecule has 0 spiro atoms. The first kappa shape index (κ1) is 15.2. The predicted octanol–water partition coefficient (Wildman–Crippen LogP) is 1.87. The van der Waals surface area contributed by atoms with Crippen LogP contribution in [0.25, 0.3) is 0 Å². The number of carbonyl (C=O) groups is 1. The van der Waals surface area contributed by atoms with E-state index in [-0.39, 0.29) is 0 Å². The van der Waals surface area contributed by atoms with E-state index in [1.165, 1.54) is 25.7 Å². The van der Waals surface area contributed by atoms with E-state index in [4.69, 9.17) is 5.11 Å². The van der Waals surface area contributed by atoms with E-state index in [1.807, 2.05) is 6.92 Å². The Kier molecular flexibility index (Phi) is 6.98. The van der Waals surface area contributed by atoms with E-state index in [0.29, 0.717) is 18.5 Å². The lowest BCUT2D eigenvalue weighted by atomic mass is 10.2. The maximum Gasteiger partial charge on any atom is 0.331 e. The molecule has 4 nitrogen and oxygen atoms in total. The Morgan fingerprint density at radius 1 is 1.44 bits per heavy atom. The molecule has 1 aliphatic rings. The molecule has 1 rings (SSSR count). The van der Waals surface area contributed by atoms with Gasteiger partial charge in [0, 0.05) is 31.2 Å². The molecule has 0 saturated heterocycles. The van der Waals surface area contributed by atoms with Crippen LogP contribution in [0.2, 0.25) is 0 Å². The van der Waals surface area contributed by atoms with E-state index in [0.717, 1.165) is 19.1 Å². The number of carboxylic acid groups (broad SMARTS) is 1. The smallest absolute Gasteiger partial charge is 0.331 e. The van der Waals surface area contributed by atoms with Crippen molar-refractivity contribution >= 4 is 5.97 Å². The molecule has 1 saturated carbocycles. The van der Waals surface area contributed by atoms with Crippen molar-refractivity contribution in [3.63, 3.8) is 0 Å². The highest BCUT2D eigenvalue weighted by molar-refractivity contribution is 5.86. The van der Waals surface area contributed by atoms with E-state index in [2.05, 4.69) is 17.3 Å². The Labute approximate surface area is 110 Å². The highest BCUT2D eigenvalue weighted by Gasteiger charge is 2.18. The highest BCUT2D eigenvalue weighted by Crippen LogP contribution is 2.21. The summed E-state index contributed by atoms with van der Waals surface area (Å²) in [5.41, 5.74) is 0.492. The largest absolute Gasteiger partial charge is 0.478 e. The molecular weight excluding hydrogens is 228 g/mol. The minimum atomic E-state index is -0.803. The van der Waals surface area contributed by atoms with Gasteiger partial charge in [-0.3, -0.25) is 0 Å². The van der Waals surface area contributed by atoms with Crippen LogP contribution in [-0.4, -0.2) is 48.7 Å². The normalized spacial score (nSPS) is 17.6. The number of likely N-dealkylation sites (N-methyl/N-ethyl adjacent to an activating group) is 1. The number of hydrogen-bond donors (Lipinski definition) is 2. The van der Waals surface area contributed by atoms with Crippen LogP contribution in [0.4, 0.5) is 0 Å². The van der Waals surface area contributed by atoms with Gasteiger partial charge in [0.2, 0.25) is 0 Å². The van der Waals surface area contributed by atoms with Gasteiger partial charge in [0.15, 0.2) is 0 Å². The fourth-order valence-corrected chi connectivity index (χ4v) is 2.46. The maximum atomic E-state index is 10.8. The second-order valence-corrected chi connectivity index (χ2v) is 5.01. The quantitative estimate of drug-likeness (QED) is 0.513. The molecule has 18 heavy (non-hydrogen) atoms. The second-order valence-electron chi connectivity index (χ2n) is 5.01. The number of carboxylic acids is 1. The Hall–Kier alpha value is -0.870. The predicted molar refractivity (Wildman–Crippen MR) is 73.8 cm³/mol. The van der Waals surface area contributed by atoms with Gasteiger partial charge in [-0.05, 0) is 26.3 Å². The summed E-state index contributed by atoms with van der Waals surface area (Å²) < 4.78 is 0. The Morgan fingerprint density at radius 3 is 2.67 bits per heavy atom. The van der Waals surface area contributed by atoms with Crippen molar-refractivity contribution < 1.29 is 9.90 Å². The van der Waals surface area contributed by atoms with E-state index in [9.17, 15) is 4.79 Å². The van der Waals surface area contributed by atoms with Crippen LogP contribution in [0.15, 0.2) is 11.6 Å². The zero-order chi connectivity index (χ0) is 13.4. The third-order valence-electron chi connectivity index (χ3n) is 3.74. The van der Waals surface area contributed by atoms with Gasteiger partial charge in [-0.25, -0.2) is 4.79 Å². The number of nitrogens with one attached hydrogen (secondary N) is 1. The monoisotopic (exact) mass is 254 g/mol. The van der Waals surface area contributed by atoms with Gasteiger partial charge in [0.25, 0.3) is 0 Å². The van der Waals surface area contributed by atoms with Crippen LogP contribution >= 0.6 is 0 Å². The molecule has 0 aliphatic heterocycles. The number of nitrogens with zero attached hydrogens (tertiary/aromatic N) is 1. The fourth-order valence-electron chi connectivity index (χ4n) is 2.46. The van der Waals surface area contributed by atoms with Gasteiger partial charge < -0.3 is 15.3 Å². The van der Waals surface area contributed by atoms with Crippen LogP contribution in [0.1, 0.15) is 39.0 Å². The Balaban J connectivity index is 2.12. The van der Waals surface area contributed by atoms with Crippen LogP contribution < -0.4 is 5.32 Å². The molecule has 0 unspecified atom stereocenters. The molecule has 0 radical (unpaired) electrons. The fraction of sp³-hybridized carbons (Fsp3) is 0.786. The first-order valence-electron chi connectivity index (χ1n) is 6.98. The maximum absolute atomic E-state index is 10.8. The summed E-state index contributed by atoms with van der Waals surface area (Å²) in [4.78, 5) is 13.2. The number of hydrogen-bond acceptors (Lipinski definition) is 3. The lowest BCUT2D eigenvalue weighted by Crippen LogP contribution is -2.35. The molecule has 2 N–H and O–H groups in total. The average molecular weight is 254 g/mol. The summed E-state index contributed by atoms with van der Waals surface area (Å²) in [7, 11) is 2.18. The summed E-state index contributed by atoms with van der Waals surface area (Å²) in [6, 6.07) is 0.757. The summed E-state index contributed by atoms with van der Waals surface area (Å²) in [5, 5.41) is 12.1. The highest BCUT2D eigenvalue weighted by atomic mass is 16.4. The molecule has 4 heteroatoms. The van der Waals surface area contributed by atoms with Crippen molar-refractivity contribution in [2.24, 2.45) is 0 Å². The van der Waals surface area contributed by atoms with Gasteiger partial charge in [0.05, 0.1) is 0 Å². The summed E-state index contributed by atoms with van der Waals surface area (Å²) in [5.74, 6) is -0.803. The topological polar surface area (TPSA) is 52.6 Å². The third-order valence-corrected chi connectivity index (χ3v) is 3.74. The van der Waals surface area contributed by atoms with Gasteiger partial charge in [-0.15, -0.1) is 0 Å². The lowest BCUT2D eigenvalue weighted by Gasteiger charge is -2.23. The number of rotatable bonds is 8. The van der Waals surface area contributed by atoms with Crippen molar-refractivity contribution in [1.29, 1.82) is 0 Å². The number of aliphatic carboxylic acids is 1. The van der Waals surface area contributed by atoms with Crippen LogP contribution in [0, 0.1) is 0 Å². The van der Waals surface area contributed by atoms with Crippen LogP contribution in [0.3, 0.4) is 0 Å². The summed E-state index contributed by atoms with van der Waals surface area (Å²) in [6.07, 6.45) is 7.75. The average Bonchev–Trinajstić information content (AvgIpc) is 2.86. The molecule has 0 heterocycles. The SMILES string of the molecule is CCC(=CCNCCN(C)C1CCCC1)C(=O)O. The molecular formula is C14H26N2O2. The van der Waals surface area contributed by atoms with Crippen molar-refractivity contribution in [2.45, 2.75) is 45.1 Å². The molecule has 1 aliphatic carbocycles. The Bertz CT molecular complexity index is 284. The third kappa shape index (κ3) is 5.19. The van der Waals surface area contributed by atoms with E-state index in [1.54, 1.807) is 6.08 Å². The Morgan fingerprint density at radius 2 is 2.11 bits per heavy atom. The first-order chi connectivity index (χ1) is 8.65. The van der Waals surface area contributed by atoms with Gasteiger partial charge >= 0.3 is 5.97 Å². The molecule has 1 fully saturated rings. The van der Waals surface area contributed by atoms with Crippen molar-refractivity contribution in [3.8, 4) is 0 Å². The molecule has 0 atom stereocenters. The second kappa shape index (κ2) is 8.27. The molecule has 0 aromatic heterocycles. The lowest BCUT2D eigenvalue weighted by molar-refractivity contribution is -0.132. The first-order valence-corrected chi connectivity index (χ1v) is 6.98. The van der Waals surface area contributed by atoms with E-state index >= 15 is 0 Å². The minimum Gasteiger partial charge on any atom is -0.478 e. The van der Waals surface area contributed by atoms with Gasteiger partial charge in [-0.2, -0.15) is 0 Å². The molecule has 104 valence electrons. The molecule has 0 aromatic carbocycles. The van der Waals surface area contributed by atoms with Crippen molar-refractivity contribution in [2.75, 3.05) is 26.7 Å². The molecule has 0 aromatic rings. The van der Waals surface area contributed by atoms with Crippen LogP contribution in [0.5, 0.6) is 0 Å². The standard InChI is InChI=1S/C14H26N2O2/c1-3-12(14(17)18)8-9-15-10-11-16(2)13-6-4-5-7-13/h8,13,15H,3-7,9-11H2,1-2H3,(H,17,18). The van der Waals surface area contributed by atoms with Gasteiger partial charge in [-0.1, -0.05) is 25.8 Å². The van der Waals surface area contributed by atoms with Crippen molar-refractivity contribution in [1.82, 2.24) is 10.2 Å². The van der Waals surface area contributed by atoms with E-state index < -0.39 is 5.97 Å². The van der Waals surface area contributed by atoms with Crippen molar-refractivity contribution in [3.05, 3.63) is 11.6 Å². The minimum absolute atomic E-state index is 0.492. The van der Waals surface area contributed by atoms with Crippen LogP contribution in [-0.2, 0) is 4.79 Å². The molecule has 0 amide bonds. The van der Waals surface area contributed by atoms with Gasteiger partial charge in [0.1, 0.15) is 0 Å². The summed E-state index contributed by atoms with van der Waals surface area (Å²) >= 11 is 0. The summed E-state index contributed by atoms with van der Waals surface area (Å²) in [6.45, 7) is 4.47. The zero-order valence-corrected chi connectivity index (χ0v) is 11.6. The molecule has 0 bridgehead atoms.